The van der Waals surface area contributed by atoms with Crippen LogP contribution >= 0.6 is 0 Å². The second kappa shape index (κ2) is 5.79. The number of hydrogen-bond donors (Lipinski definition) is 1. The third-order valence-electron chi connectivity index (χ3n) is 7.69. The highest BCUT2D eigenvalue weighted by Gasteiger charge is 2.53. The Morgan fingerprint density at radius 2 is 1.78 bits per heavy atom. The summed E-state index contributed by atoms with van der Waals surface area (Å²) in [6.07, 6.45) is 8.20. The van der Waals surface area contributed by atoms with E-state index < -0.39 is 0 Å². The standard InChI is InChI=1S/C22H30N4O/c1-12-5-18(19-13(2)25-26(4)20(19)23-12)21(27)24-14(3)22-9-15-6-16(10-22)8-17(7-15)11-22/h5,14-17H,6-11H2,1-4H3,(H,24,27). The second-order valence-corrected chi connectivity index (χ2v) is 9.69. The molecule has 1 atom stereocenters. The normalized spacial score (nSPS) is 32.8. The second-order valence-electron chi connectivity index (χ2n) is 9.69. The molecule has 5 nitrogen and oxygen atoms in total. The van der Waals surface area contributed by atoms with Gasteiger partial charge in [0.25, 0.3) is 5.91 Å². The number of carbonyl (C=O) groups is 1. The number of rotatable bonds is 3. The molecular formula is C22H30N4O. The molecule has 27 heavy (non-hydrogen) atoms. The average Bonchev–Trinajstić information content (AvgIpc) is 2.87. The summed E-state index contributed by atoms with van der Waals surface area (Å²) < 4.78 is 1.77. The average molecular weight is 367 g/mol. The van der Waals surface area contributed by atoms with Crippen LogP contribution in [0, 0.1) is 37.0 Å². The van der Waals surface area contributed by atoms with Crippen LogP contribution in [0.3, 0.4) is 0 Å². The lowest BCUT2D eigenvalue weighted by Gasteiger charge is -2.59. The molecule has 6 rings (SSSR count). The highest BCUT2D eigenvalue weighted by Crippen LogP contribution is 2.61. The van der Waals surface area contributed by atoms with Crippen LogP contribution in [0.4, 0.5) is 0 Å². The molecule has 1 unspecified atom stereocenters. The van der Waals surface area contributed by atoms with Crippen LogP contribution in [0.5, 0.6) is 0 Å². The van der Waals surface area contributed by atoms with Gasteiger partial charge in [0.15, 0.2) is 5.65 Å². The molecule has 0 aromatic carbocycles. The number of carbonyl (C=O) groups excluding carboxylic acids is 1. The van der Waals surface area contributed by atoms with Gasteiger partial charge in [0, 0.05) is 18.8 Å². The third kappa shape index (κ3) is 2.61. The van der Waals surface area contributed by atoms with E-state index in [1.54, 1.807) is 4.68 Å². The molecule has 0 aliphatic heterocycles. The summed E-state index contributed by atoms with van der Waals surface area (Å²) in [5.41, 5.74) is 3.56. The van der Waals surface area contributed by atoms with Crippen LogP contribution < -0.4 is 5.32 Å². The Balaban J connectivity index is 1.45. The van der Waals surface area contributed by atoms with Crippen molar-refractivity contribution >= 4 is 16.9 Å². The van der Waals surface area contributed by atoms with Gasteiger partial charge in [-0.1, -0.05) is 0 Å². The van der Waals surface area contributed by atoms with Crippen molar-refractivity contribution in [3.63, 3.8) is 0 Å². The smallest absolute Gasteiger partial charge is 0.252 e. The first-order valence-corrected chi connectivity index (χ1v) is 10.5. The number of nitrogens with zero attached hydrogens (tertiary/aromatic N) is 3. The van der Waals surface area contributed by atoms with Crippen molar-refractivity contribution in [3.05, 3.63) is 23.0 Å². The van der Waals surface area contributed by atoms with Crippen molar-refractivity contribution in [1.82, 2.24) is 20.1 Å². The lowest BCUT2D eigenvalue weighted by molar-refractivity contribution is -0.0687. The van der Waals surface area contributed by atoms with Crippen molar-refractivity contribution in [2.45, 2.75) is 65.3 Å². The molecule has 4 fully saturated rings. The summed E-state index contributed by atoms with van der Waals surface area (Å²) in [6, 6.07) is 2.14. The molecular weight excluding hydrogens is 336 g/mol. The molecule has 0 spiro atoms. The molecule has 4 aliphatic rings. The number of fused-ring (bicyclic) bond motifs is 1. The number of aromatic nitrogens is 3. The van der Waals surface area contributed by atoms with Crippen LogP contribution in [0.15, 0.2) is 6.07 Å². The predicted molar refractivity (Wildman–Crippen MR) is 106 cm³/mol. The Bertz CT molecular complexity index is 893. The lowest BCUT2D eigenvalue weighted by Crippen LogP contribution is -2.55. The van der Waals surface area contributed by atoms with E-state index >= 15 is 0 Å². The van der Waals surface area contributed by atoms with Gasteiger partial charge in [-0.3, -0.25) is 9.48 Å². The van der Waals surface area contributed by atoms with Crippen LogP contribution in [0.25, 0.3) is 11.0 Å². The molecule has 5 heteroatoms. The summed E-state index contributed by atoms with van der Waals surface area (Å²) in [5, 5.41) is 8.77. The molecule has 1 amide bonds. The summed E-state index contributed by atoms with van der Waals surface area (Å²) in [6.45, 7) is 6.14. The number of hydrogen-bond acceptors (Lipinski definition) is 3. The summed E-state index contributed by atoms with van der Waals surface area (Å²) in [5.74, 6) is 2.72. The minimum Gasteiger partial charge on any atom is -0.349 e. The van der Waals surface area contributed by atoms with Crippen LogP contribution in [0.1, 0.15) is 67.2 Å². The quantitative estimate of drug-likeness (QED) is 0.896. The summed E-state index contributed by atoms with van der Waals surface area (Å²) in [4.78, 5) is 17.9. The predicted octanol–water partition coefficient (Wildman–Crippen LogP) is 3.92. The molecule has 144 valence electrons. The Morgan fingerprint density at radius 1 is 1.19 bits per heavy atom. The lowest BCUT2D eigenvalue weighted by atomic mass is 9.48. The van der Waals surface area contributed by atoms with Crippen molar-refractivity contribution in [3.8, 4) is 0 Å². The van der Waals surface area contributed by atoms with Crippen molar-refractivity contribution < 1.29 is 4.79 Å². The largest absolute Gasteiger partial charge is 0.349 e. The van der Waals surface area contributed by atoms with Gasteiger partial charge in [0.1, 0.15) is 0 Å². The molecule has 2 aromatic rings. The summed E-state index contributed by atoms with van der Waals surface area (Å²) in [7, 11) is 1.89. The van der Waals surface area contributed by atoms with E-state index in [0.29, 0.717) is 5.41 Å². The first-order chi connectivity index (χ1) is 12.8. The van der Waals surface area contributed by atoms with E-state index in [-0.39, 0.29) is 11.9 Å². The van der Waals surface area contributed by atoms with Crippen LogP contribution in [-0.2, 0) is 7.05 Å². The highest BCUT2D eigenvalue weighted by atomic mass is 16.1. The van der Waals surface area contributed by atoms with Gasteiger partial charge >= 0.3 is 0 Å². The van der Waals surface area contributed by atoms with Crippen molar-refractivity contribution in [2.75, 3.05) is 0 Å². The van der Waals surface area contributed by atoms with Gasteiger partial charge in [0.05, 0.1) is 16.6 Å². The van der Waals surface area contributed by atoms with Gasteiger partial charge in [-0.15, -0.1) is 0 Å². The maximum atomic E-state index is 13.3. The molecule has 1 N–H and O–H groups in total. The first-order valence-electron chi connectivity index (χ1n) is 10.5. The van der Waals surface area contributed by atoms with Gasteiger partial charge in [-0.05, 0) is 88.5 Å². The van der Waals surface area contributed by atoms with E-state index in [2.05, 4.69) is 22.3 Å². The van der Waals surface area contributed by atoms with Gasteiger partial charge in [-0.2, -0.15) is 5.10 Å². The third-order valence-corrected chi connectivity index (χ3v) is 7.69. The number of amides is 1. The Kier molecular flexibility index (Phi) is 3.69. The molecule has 4 saturated carbocycles. The minimum absolute atomic E-state index is 0.0323. The zero-order valence-corrected chi connectivity index (χ0v) is 16.9. The van der Waals surface area contributed by atoms with Crippen molar-refractivity contribution in [1.29, 1.82) is 0 Å². The van der Waals surface area contributed by atoms with Crippen LogP contribution in [0.2, 0.25) is 0 Å². The fourth-order valence-electron chi connectivity index (χ4n) is 6.88. The topological polar surface area (TPSA) is 59.8 Å². The minimum atomic E-state index is 0.0323. The Labute approximate surface area is 160 Å². The maximum Gasteiger partial charge on any atom is 0.252 e. The van der Waals surface area contributed by atoms with Gasteiger partial charge < -0.3 is 5.32 Å². The van der Waals surface area contributed by atoms with Crippen molar-refractivity contribution in [2.24, 2.45) is 30.2 Å². The fourth-order valence-corrected chi connectivity index (χ4v) is 6.88. The molecule has 2 aromatic heterocycles. The monoisotopic (exact) mass is 366 g/mol. The van der Waals surface area contributed by atoms with E-state index in [0.717, 1.165) is 45.7 Å². The molecule has 4 bridgehead atoms. The number of nitrogens with one attached hydrogen (secondary N) is 1. The van der Waals surface area contributed by atoms with E-state index in [1.165, 1.54) is 38.5 Å². The molecule has 0 radical (unpaired) electrons. The molecule has 4 aliphatic carbocycles. The number of aryl methyl sites for hydroxylation is 3. The first kappa shape index (κ1) is 17.2. The SMILES string of the molecule is Cc1cc(C(=O)NC(C)C23CC4CC(CC(C4)C2)C3)c2c(C)nn(C)c2n1. The zero-order chi connectivity index (χ0) is 18.9. The fraction of sp³-hybridized carbons (Fsp3) is 0.682. The highest BCUT2D eigenvalue weighted by molar-refractivity contribution is 6.06. The van der Waals surface area contributed by atoms with E-state index in [1.807, 2.05) is 27.0 Å². The van der Waals surface area contributed by atoms with Crippen LogP contribution in [-0.4, -0.2) is 26.7 Å². The molecule has 0 saturated heterocycles. The van der Waals surface area contributed by atoms with Gasteiger partial charge in [-0.25, -0.2) is 4.98 Å². The van der Waals surface area contributed by atoms with E-state index in [4.69, 9.17) is 0 Å². The zero-order valence-electron chi connectivity index (χ0n) is 16.9. The Morgan fingerprint density at radius 3 is 2.37 bits per heavy atom. The van der Waals surface area contributed by atoms with Gasteiger partial charge in [0.2, 0.25) is 0 Å². The van der Waals surface area contributed by atoms with E-state index in [9.17, 15) is 4.79 Å². The Hall–Kier alpha value is -1.91. The summed E-state index contributed by atoms with van der Waals surface area (Å²) >= 11 is 0. The maximum absolute atomic E-state index is 13.3. The number of pyridine rings is 1. The molecule has 2 heterocycles.